The maximum absolute atomic E-state index is 12.9. The van der Waals surface area contributed by atoms with Crippen LogP contribution in [0.15, 0.2) is 54.6 Å². The van der Waals surface area contributed by atoms with Gasteiger partial charge in [-0.1, -0.05) is 25.1 Å². The van der Waals surface area contributed by atoms with Crippen molar-refractivity contribution in [3.63, 3.8) is 0 Å². The first-order valence-electron chi connectivity index (χ1n) is 18.6. The number of hydrogen-bond donors (Lipinski definition) is 0. The van der Waals surface area contributed by atoms with Gasteiger partial charge in [0.15, 0.2) is 0 Å². The van der Waals surface area contributed by atoms with Gasteiger partial charge in [0.25, 0.3) is 0 Å². The molecule has 4 heterocycles. The molecule has 9 heteroatoms. The summed E-state index contributed by atoms with van der Waals surface area (Å²) in [6.07, 6.45) is 7.01. The van der Waals surface area contributed by atoms with Crippen molar-refractivity contribution in [2.45, 2.75) is 104 Å². The molecule has 3 fully saturated rings. The Hall–Kier alpha value is -3.95. The zero-order valence-electron chi connectivity index (χ0n) is 30.5. The van der Waals surface area contributed by atoms with E-state index in [9.17, 15) is 4.79 Å². The molecule has 2 aromatic carbocycles. The van der Waals surface area contributed by atoms with Gasteiger partial charge in [-0.15, -0.1) is 0 Å². The van der Waals surface area contributed by atoms with Gasteiger partial charge in [-0.2, -0.15) is 0 Å². The molecule has 0 spiro atoms. The Bertz CT molecular complexity index is 1800. The fraction of sp³-hybridized carbons (Fsp3) is 0.537. The van der Waals surface area contributed by atoms with Crippen LogP contribution in [0, 0.1) is 5.92 Å². The van der Waals surface area contributed by atoms with Crippen molar-refractivity contribution >= 4 is 22.7 Å². The molecule has 7 rings (SSSR count). The number of carbonyl (C=O) groups excluding carboxylic acids is 1. The number of imidazole rings is 1. The number of aryl methyl sites for hydroxylation is 1. The highest BCUT2D eigenvalue weighted by Crippen LogP contribution is 2.33. The highest BCUT2D eigenvalue weighted by molar-refractivity contribution is 5.94. The number of piperidine rings is 1. The number of ether oxygens (including phenoxy) is 3. The molecule has 266 valence electrons. The third-order valence-corrected chi connectivity index (χ3v) is 10.3. The quantitative estimate of drug-likeness (QED) is 0.134. The zero-order valence-corrected chi connectivity index (χ0v) is 30.5. The standard InChI is InChI=1S/C41H53N5O4/c1-6-30-13-12-29(22-36(30)44(5)24-28-10-11-28)27-49-39-9-7-8-34(43-39)31-16-19-45(20-17-31)26-38-42-35-15-14-32(40(47)50-41(2,3)4)23-37(35)46(38)25-33-18-21-48-33/h7-9,12-15,22-23,28,31,33H,6,10-11,16-21,24-27H2,1-5H3. The van der Waals surface area contributed by atoms with Crippen LogP contribution in [-0.2, 0) is 35.6 Å². The summed E-state index contributed by atoms with van der Waals surface area (Å²) in [6.45, 7) is 13.8. The first-order valence-corrected chi connectivity index (χ1v) is 18.6. The maximum atomic E-state index is 12.9. The number of anilines is 1. The fourth-order valence-electron chi connectivity index (χ4n) is 7.22. The number of fused-ring (bicyclic) bond motifs is 1. The lowest BCUT2D eigenvalue weighted by molar-refractivity contribution is -0.0592. The van der Waals surface area contributed by atoms with Gasteiger partial charge >= 0.3 is 5.97 Å². The van der Waals surface area contributed by atoms with Gasteiger partial charge in [0, 0.05) is 43.6 Å². The van der Waals surface area contributed by atoms with Crippen LogP contribution in [0.2, 0.25) is 0 Å². The molecule has 9 nitrogen and oxygen atoms in total. The van der Waals surface area contributed by atoms with Crippen LogP contribution in [0.3, 0.4) is 0 Å². The predicted octanol–water partition coefficient (Wildman–Crippen LogP) is 7.54. The Morgan fingerprint density at radius 2 is 1.80 bits per heavy atom. The predicted molar refractivity (Wildman–Crippen MR) is 197 cm³/mol. The third kappa shape index (κ3) is 8.32. The van der Waals surface area contributed by atoms with Gasteiger partial charge in [-0.3, -0.25) is 4.90 Å². The minimum Gasteiger partial charge on any atom is -0.473 e. The van der Waals surface area contributed by atoms with Crippen LogP contribution in [0.4, 0.5) is 5.69 Å². The third-order valence-electron chi connectivity index (χ3n) is 10.3. The van der Waals surface area contributed by atoms with Crippen LogP contribution in [-0.4, -0.2) is 70.4 Å². The second-order valence-electron chi connectivity index (χ2n) is 15.5. The van der Waals surface area contributed by atoms with E-state index < -0.39 is 5.60 Å². The van der Waals surface area contributed by atoms with Crippen molar-refractivity contribution in [2.24, 2.45) is 5.92 Å². The summed E-state index contributed by atoms with van der Waals surface area (Å²) in [7, 11) is 2.22. The van der Waals surface area contributed by atoms with E-state index in [1.54, 1.807) is 0 Å². The molecule has 1 aliphatic carbocycles. The van der Waals surface area contributed by atoms with Crippen LogP contribution >= 0.6 is 0 Å². The smallest absolute Gasteiger partial charge is 0.338 e. The number of hydrogen-bond acceptors (Lipinski definition) is 8. The molecule has 0 N–H and O–H groups in total. The van der Waals surface area contributed by atoms with Gasteiger partial charge in [0.1, 0.15) is 18.0 Å². The van der Waals surface area contributed by atoms with Gasteiger partial charge < -0.3 is 23.7 Å². The van der Waals surface area contributed by atoms with Crippen LogP contribution in [0.25, 0.3) is 11.0 Å². The number of aromatic nitrogens is 3. The molecule has 3 aliphatic rings. The largest absolute Gasteiger partial charge is 0.473 e. The molecule has 0 amide bonds. The summed E-state index contributed by atoms with van der Waals surface area (Å²) in [6, 6.07) is 18.6. The topological polar surface area (TPSA) is 81.9 Å². The number of likely N-dealkylation sites (tertiary alicyclic amines) is 1. The van der Waals surface area contributed by atoms with Gasteiger partial charge in [-0.05, 0) is 120 Å². The second kappa shape index (κ2) is 14.7. The van der Waals surface area contributed by atoms with Crippen molar-refractivity contribution in [2.75, 3.05) is 38.2 Å². The molecule has 0 bridgehead atoms. The van der Waals surface area contributed by atoms with Gasteiger partial charge in [-0.25, -0.2) is 14.8 Å². The van der Waals surface area contributed by atoms with Gasteiger partial charge in [0.2, 0.25) is 5.88 Å². The molecule has 2 saturated heterocycles. The van der Waals surface area contributed by atoms with E-state index in [0.717, 1.165) is 93.5 Å². The van der Waals surface area contributed by atoms with Gasteiger partial charge in [0.05, 0.1) is 35.8 Å². The van der Waals surface area contributed by atoms with E-state index in [1.165, 1.54) is 29.7 Å². The average molecular weight is 680 g/mol. The summed E-state index contributed by atoms with van der Waals surface area (Å²) in [5.41, 5.74) is 6.85. The second-order valence-corrected chi connectivity index (χ2v) is 15.5. The highest BCUT2D eigenvalue weighted by atomic mass is 16.6. The van der Waals surface area contributed by atoms with Crippen molar-refractivity contribution in [1.29, 1.82) is 0 Å². The Balaban J connectivity index is 0.983. The molecular formula is C41H53N5O4. The van der Waals surface area contributed by atoms with E-state index in [1.807, 2.05) is 45.0 Å². The van der Waals surface area contributed by atoms with Crippen molar-refractivity contribution in [1.82, 2.24) is 19.4 Å². The highest BCUT2D eigenvalue weighted by Gasteiger charge is 2.27. The number of esters is 1. The average Bonchev–Trinajstić information content (AvgIpc) is 3.84. The number of pyridine rings is 1. The summed E-state index contributed by atoms with van der Waals surface area (Å²) in [4.78, 5) is 27.8. The van der Waals surface area contributed by atoms with E-state index in [4.69, 9.17) is 24.2 Å². The lowest BCUT2D eigenvalue weighted by atomic mass is 9.93. The molecule has 50 heavy (non-hydrogen) atoms. The van der Waals surface area contributed by atoms with Crippen LogP contribution in [0.5, 0.6) is 5.88 Å². The molecule has 2 aromatic heterocycles. The molecular weight excluding hydrogens is 626 g/mol. The normalized spacial score (nSPS) is 18.6. The van der Waals surface area contributed by atoms with E-state index in [0.29, 0.717) is 24.0 Å². The lowest BCUT2D eigenvalue weighted by Gasteiger charge is -2.32. The molecule has 1 atom stereocenters. The number of nitrogens with zero attached hydrogens (tertiary/aromatic N) is 5. The Morgan fingerprint density at radius 1 is 1.00 bits per heavy atom. The number of rotatable bonds is 13. The molecule has 1 saturated carbocycles. The minimum atomic E-state index is -0.551. The summed E-state index contributed by atoms with van der Waals surface area (Å²) in [5.74, 6) is 2.62. The monoisotopic (exact) mass is 679 g/mol. The Kier molecular flexibility index (Phi) is 10.2. The van der Waals surface area contributed by atoms with Crippen molar-refractivity contribution in [3.05, 3.63) is 82.8 Å². The van der Waals surface area contributed by atoms with E-state index in [2.05, 4.69) is 58.7 Å². The first kappa shape index (κ1) is 34.5. The van der Waals surface area contributed by atoms with Crippen molar-refractivity contribution in [3.8, 4) is 5.88 Å². The summed E-state index contributed by atoms with van der Waals surface area (Å²) < 4.78 is 20.0. The molecule has 0 radical (unpaired) electrons. The Labute approximate surface area is 296 Å². The lowest BCUT2D eigenvalue weighted by Crippen LogP contribution is -2.35. The first-order chi connectivity index (χ1) is 24.1. The molecule has 1 unspecified atom stereocenters. The SMILES string of the molecule is CCc1ccc(COc2cccc(C3CCN(Cc4nc5ccc(C(=O)OC(C)(C)C)cc5n4CC4CCO4)CC3)n2)cc1N(C)CC1CC1. The maximum Gasteiger partial charge on any atom is 0.338 e. The molecule has 4 aromatic rings. The van der Waals surface area contributed by atoms with Crippen molar-refractivity contribution < 1.29 is 19.0 Å². The van der Waals surface area contributed by atoms with E-state index in [-0.39, 0.29) is 12.1 Å². The Morgan fingerprint density at radius 3 is 2.50 bits per heavy atom. The zero-order chi connectivity index (χ0) is 34.8. The summed E-state index contributed by atoms with van der Waals surface area (Å²) >= 11 is 0. The molecule has 2 aliphatic heterocycles. The van der Waals surface area contributed by atoms with Crippen LogP contribution < -0.4 is 9.64 Å². The van der Waals surface area contributed by atoms with E-state index >= 15 is 0 Å². The van der Waals surface area contributed by atoms with Crippen LogP contribution in [0.1, 0.15) is 98.7 Å². The number of carbonyl (C=O) groups is 1. The number of benzene rings is 2. The minimum absolute atomic E-state index is 0.175. The fourth-order valence-corrected chi connectivity index (χ4v) is 7.22. The summed E-state index contributed by atoms with van der Waals surface area (Å²) in [5, 5.41) is 0.